The van der Waals surface area contributed by atoms with Crippen molar-refractivity contribution in [3.05, 3.63) is 48.2 Å². The summed E-state index contributed by atoms with van der Waals surface area (Å²) in [6.45, 7) is 2.97. The summed E-state index contributed by atoms with van der Waals surface area (Å²) in [5.74, 6) is 1.88. The quantitative estimate of drug-likeness (QED) is 0.779. The first-order valence-electron chi connectivity index (χ1n) is 9.52. The average Bonchev–Trinajstić information content (AvgIpc) is 2.69. The van der Waals surface area contributed by atoms with E-state index in [1.165, 1.54) is 0 Å². The van der Waals surface area contributed by atoms with Crippen LogP contribution in [-0.4, -0.2) is 23.0 Å². The lowest BCUT2D eigenvalue weighted by atomic mass is 9.82. The molecule has 1 aliphatic rings. The van der Waals surface area contributed by atoms with E-state index in [-0.39, 0.29) is 5.91 Å². The maximum Gasteiger partial charge on any atom is 0.240 e. The van der Waals surface area contributed by atoms with Gasteiger partial charge in [0, 0.05) is 18.8 Å². The number of rotatable bonds is 7. The second-order valence-corrected chi connectivity index (χ2v) is 6.91. The highest BCUT2D eigenvalue weighted by molar-refractivity contribution is 5.86. The molecule has 1 aliphatic carbocycles. The minimum absolute atomic E-state index is 0.0759. The van der Waals surface area contributed by atoms with Crippen molar-refractivity contribution in [1.82, 2.24) is 10.3 Å². The van der Waals surface area contributed by atoms with Crippen LogP contribution in [0.3, 0.4) is 0 Å². The van der Waals surface area contributed by atoms with Gasteiger partial charge in [0.2, 0.25) is 11.8 Å². The van der Waals surface area contributed by atoms with Gasteiger partial charge < -0.3 is 20.5 Å². The highest BCUT2D eigenvalue weighted by Gasteiger charge is 2.34. The third kappa shape index (κ3) is 5.20. The fourth-order valence-corrected chi connectivity index (χ4v) is 3.28. The summed E-state index contributed by atoms with van der Waals surface area (Å²) in [5, 5.41) is 2.96. The lowest BCUT2D eigenvalue weighted by Gasteiger charge is -2.31. The Balaban J connectivity index is 1.57. The van der Waals surface area contributed by atoms with E-state index in [0.717, 1.165) is 43.4 Å². The zero-order valence-electron chi connectivity index (χ0n) is 15.7. The van der Waals surface area contributed by atoms with Gasteiger partial charge in [0.15, 0.2) is 0 Å². The molecule has 0 bridgehead atoms. The second kappa shape index (κ2) is 8.86. The Morgan fingerprint density at radius 2 is 1.85 bits per heavy atom. The average molecular weight is 369 g/mol. The zero-order chi connectivity index (χ0) is 19.1. The van der Waals surface area contributed by atoms with E-state index in [0.29, 0.717) is 24.8 Å². The van der Waals surface area contributed by atoms with Crippen LogP contribution in [0.5, 0.6) is 17.4 Å². The van der Waals surface area contributed by atoms with Gasteiger partial charge in [-0.3, -0.25) is 4.79 Å². The van der Waals surface area contributed by atoms with E-state index in [4.69, 9.17) is 15.2 Å². The smallest absolute Gasteiger partial charge is 0.240 e. The molecule has 3 rings (SSSR count). The van der Waals surface area contributed by atoms with Crippen molar-refractivity contribution in [3.63, 3.8) is 0 Å². The van der Waals surface area contributed by atoms with Crippen LogP contribution in [0.4, 0.5) is 0 Å². The van der Waals surface area contributed by atoms with Crippen LogP contribution in [0.25, 0.3) is 0 Å². The second-order valence-electron chi connectivity index (χ2n) is 6.91. The number of carbonyl (C=O) groups excluding carboxylic acids is 1. The number of hydrogen-bond donors (Lipinski definition) is 2. The molecule has 0 aliphatic heterocycles. The van der Waals surface area contributed by atoms with Crippen molar-refractivity contribution in [2.75, 3.05) is 6.61 Å². The predicted molar refractivity (Wildman–Crippen MR) is 104 cm³/mol. The van der Waals surface area contributed by atoms with E-state index >= 15 is 0 Å². The van der Waals surface area contributed by atoms with Crippen molar-refractivity contribution in [3.8, 4) is 17.4 Å². The summed E-state index contributed by atoms with van der Waals surface area (Å²) >= 11 is 0. The molecule has 1 amide bonds. The number of nitrogens with one attached hydrogen (secondary N) is 1. The lowest BCUT2D eigenvalue weighted by molar-refractivity contribution is -0.127. The highest BCUT2D eigenvalue weighted by Crippen LogP contribution is 2.26. The first-order chi connectivity index (χ1) is 13.1. The Labute approximate surface area is 160 Å². The number of aromatic nitrogens is 1. The van der Waals surface area contributed by atoms with E-state index in [2.05, 4.69) is 10.3 Å². The highest BCUT2D eigenvalue weighted by atomic mass is 16.5. The fourth-order valence-electron chi connectivity index (χ4n) is 3.28. The first-order valence-corrected chi connectivity index (χ1v) is 9.52. The standard InChI is InChI=1S/C21H27N3O3/c1-2-26-17-6-8-18(9-7-17)27-19-14-16(10-13-23-19)15-24-20(25)21(22)11-4-3-5-12-21/h6-10,13-14H,2-5,11-12,15,22H2,1H3,(H,24,25). The van der Waals surface area contributed by atoms with Crippen LogP contribution >= 0.6 is 0 Å². The molecule has 144 valence electrons. The topological polar surface area (TPSA) is 86.5 Å². The summed E-state index contributed by atoms with van der Waals surface area (Å²) in [7, 11) is 0. The van der Waals surface area contributed by atoms with Crippen LogP contribution in [0, 0.1) is 0 Å². The largest absolute Gasteiger partial charge is 0.494 e. The Hall–Kier alpha value is -2.60. The maximum absolute atomic E-state index is 12.5. The monoisotopic (exact) mass is 369 g/mol. The summed E-state index contributed by atoms with van der Waals surface area (Å²) in [5.41, 5.74) is 6.46. The van der Waals surface area contributed by atoms with Crippen molar-refractivity contribution < 1.29 is 14.3 Å². The first kappa shape index (κ1) is 19.2. The maximum atomic E-state index is 12.5. The molecule has 1 heterocycles. The molecule has 0 saturated heterocycles. The molecule has 6 heteroatoms. The molecule has 1 aromatic heterocycles. The molecule has 3 N–H and O–H groups in total. The van der Waals surface area contributed by atoms with Crippen LogP contribution in [0.1, 0.15) is 44.6 Å². The van der Waals surface area contributed by atoms with Gasteiger partial charge >= 0.3 is 0 Å². The molecule has 6 nitrogen and oxygen atoms in total. The molecule has 0 unspecified atom stereocenters. The van der Waals surface area contributed by atoms with E-state index < -0.39 is 5.54 Å². The predicted octanol–water partition coefficient (Wildman–Crippen LogP) is 3.55. The Bertz CT molecular complexity index is 756. The Morgan fingerprint density at radius 1 is 1.15 bits per heavy atom. The molecule has 27 heavy (non-hydrogen) atoms. The van der Waals surface area contributed by atoms with Crippen LogP contribution < -0.4 is 20.5 Å². The minimum atomic E-state index is -0.729. The molecule has 2 aromatic rings. The number of nitrogens with two attached hydrogens (primary N) is 1. The van der Waals surface area contributed by atoms with E-state index in [1.54, 1.807) is 6.20 Å². The summed E-state index contributed by atoms with van der Waals surface area (Å²) in [4.78, 5) is 16.7. The molecule has 1 fully saturated rings. The molecule has 1 aromatic carbocycles. The van der Waals surface area contributed by atoms with Gasteiger partial charge in [0.25, 0.3) is 0 Å². The van der Waals surface area contributed by atoms with Gasteiger partial charge in [-0.25, -0.2) is 4.98 Å². The number of hydrogen-bond acceptors (Lipinski definition) is 5. The van der Waals surface area contributed by atoms with Gasteiger partial charge in [-0.05, 0) is 55.7 Å². The zero-order valence-corrected chi connectivity index (χ0v) is 15.7. The van der Waals surface area contributed by atoms with Crippen molar-refractivity contribution >= 4 is 5.91 Å². The van der Waals surface area contributed by atoms with Crippen LogP contribution in [-0.2, 0) is 11.3 Å². The third-order valence-electron chi connectivity index (χ3n) is 4.81. The third-order valence-corrected chi connectivity index (χ3v) is 4.81. The Morgan fingerprint density at radius 3 is 2.56 bits per heavy atom. The summed E-state index contributed by atoms with van der Waals surface area (Å²) in [6, 6.07) is 11.1. The summed E-state index contributed by atoms with van der Waals surface area (Å²) in [6.07, 6.45) is 6.36. The van der Waals surface area contributed by atoms with E-state index in [1.807, 2.05) is 43.3 Å². The van der Waals surface area contributed by atoms with Crippen LogP contribution in [0.15, 0.2) is 42.6 Å². The van der Waals surface area contributed by atoms with Crippen molar-refractivity contribution in [2.45, 2.75) is 51.1 Å². The number of nitrogens with zero attached hydrogens (tertiary/aromatic N) is 1. The van der Waals surface area contributed by atoms with Gasteiger partial charge in [-0.1, -0.05) is 19.3 Å². The lowest BCUT2D eigenvalue weighted by Crippen LogP contribution is -2.54. The number of ether oxygens (including phenoxy) is 2. The van der Waals surface area contributed by atoms with E-state index in [9.17, 15) is 4.79 Å². The molecule has 1 saturated carbocycles. The number of carbonyl (C=O) groups is 1. The minimum Gasteiger partial charge on any atom is -0.494 e. The van der Waals surface area contributed by atoms with Crippen molar-refractivity contribution in [1.29, 1.82) is 0 Å². The number of benzene rings is 1. The van der Waals surface area contributed by atoms with Crippen LogP contribution in [0.2, 0.25) is 0 Å². The van der Waals surface area contributed by atoms with Crippen molar-refractivity contribution in [2.24, 2.45) is 5.73 Å². The Kier molecular flexibility index (Phi) is 6.29. The number of pyridine rings is 1. The normalized spacial score (nSPS) is 15.8. The van der Waals surface area contributed by atoms with Gasteiger partial charge in [-0.2, -0.15) is 0 Å². The molecule has 0 radical (unpaired) electrons. The fraction of sp³-hybridized carbons (Fsp3) is 0.429. The molecular formula is C21H27N3O3. The molecular weight excluding hydrogens is 342 g/mol. The van der Waals surface area contributed by atoms with Gasteiger partial charge in [-0.15, -0.1) is 0 Å². The van der Waals surface area contributed by atoms with Gasteiger partial charge in [0.05, 0.1) is 12.1 Å². The molecule has 0 atom stereocenters. The van der Waals surface area contributed by atoms with Gasteiger partial charge in [0.1, 0.15) is 11.5 Å². The summed E-state index contributed by atoms with van der Waals surface area (Å²) < 4.78 is 11.2. The SMILES string of the molecule is CCOc1ccc(Oc2cc(CNC(=O)C3(N)CCCCC3)ccn2)cc1. The number of amides is 1. The molecule has 0 spiro atoms.